The Balaban J connectivity index is 3.09. The van der Waals surface area contributed by atoms with Crippen molar-refractivity contribution in [1.29, 1.82) is 0 Å². The number of pyridine rings is 1. The summed E-state index contributed by atoms with van der Waals surface area (Å²) >= 11 is 6.06. The quantitative estimate of drug-likeness (QED) is 0.462. The summed E-state index contributed by atoms with van der Waals surface area (Å²) in [5, 5.41) is 10.6. The van der Waals surface area contributed by atoms with Gasteiger partial charge in [0.2, 0.25) is 0 Å². The maximum absolute atomic E-state index is 10.6. The van der Waals surface area contributed by atoms with Gasteiger partial charge in [0, 0.05) is 22.6 Å². The third-order valence-corrected chi connectivity index (χ3v) is 2.98. The highest BCUT2D eigenvalue weighted by molar-refractivity contribution is 6.20. The van der Waals surface area contributed by atoms with Gasteiger partial charge in [-0.1, -0.05) is 6.92 Å². The zero-order chi connectivity index (χ0) is 12.3. The molecule has 4 nitrogen and oxygen atoms in total. The van der Waals surface area contributed by atoms with Gasteiger partial charge in [-0.2, -0.15) is 0 Å². The van der Waals surface area contributed by atoms with E-state index >= 15 is 0 Å². The summed E-state index contributed by atoms with van der Waals surface area (Å²) in [6.45, 7) is 5.66. The fourth-order valence-corrected chi connectivity index (χ4v) is 2.04. The molecule has 2 atom stereocenters. The summed E-state index contributed by atoms with van der Waals surface area (Å²) < 4.78 is 0. The summed E-state index contributed by atoms with van der Waals surface area (Å²) in [5.74, 6) is 0.140. The van der Waals surface area contributed by atoms with E-state index in [9.17, 15) is 10.1 Å². The van der Waals surface area contributed by atoms with Gasteiger partial charge in [-0.3, -0.25) is 15.1 Å². The van der Waals surface area contributed by atoms with E-state index in [4.69, 9.17) is 11.6 Å². The van der Waals surface area contributed by atoms with Crippen LogP contribution in [0.25, 0.3) is 0 Å². The monoisotopic (exact) mass is 242 g/mol. The third kappa shape index (κ3) is 2.70. The lowest BCUT2D eigenvalue weighted by atomic mass is 9.97. The van der Waals surface area contributed by atoms with Crippen molar-refractivity contribution < 1.29 is 4.92 Å². The molecule has 1 heterocycles. The molecule has 0 saturated heterocycles. The number of nitro groups is 1. The first kappa shape index (κ1) is 12.9. The van der Waals surface area contributed by atoms with Crippen LogP contribution in [0, 0.1) is 17.0 Å². The minimum Gasteiger partial charge on any atom is -0.258 e. The van der Waals surface area contributed by atoms with Crippen LogP contribution in [0.1, 0.15) is 37.4 Å². The topological polar surface area (TPSA) is 56.0 Å². The van der Waals surface area contributed by atoms with Crippen LogP contribution < -0.4 is 0 Å². The Kier molecular flexibility index (Phi) is 4.24. The van der Waals surface area contributed by atoms with Crippen LogP contribution in [0.5, 0.6) is 0 Å². The van der Waals surface area contributed by atoms with Crippen LogP contribution in [0.3, 0.4) is 0 Å². The molecule has 1 aromatic heterocycles. The van der Waals surface area contributed by atoms with E-state index in [2.05, 4.69) is 4.98 Å². The highest BCUT2D eigenvalue weighted by atomic mass is 35.5. The van der Waals surface area contributed by atoms with Crippen molar-refractivity contribution in [2.45, 2.75) is 38.5 Å². The van der Waals surface area contributed by atoms with Gasteiger partial charge >= 0.3 is 0 Å². The van der Waals surface area contributed by atoms with Crippen LogP contribution in [-0.4, -0.2) is 15.3 Å². The first-order valence-electron chi connectivity index (χ1n) is 5.22. The summed E-state index contributed by atoms with van der Waals surface area (Å²) in [6, 6.07) is 1.76. The van der Waals surface area contributed by atoms with E-state index in [1.165, 1.54) is 6.20 Å². The lowest BCUT2D eigenvalue weighted by molar-refractivity contribution is -0.385. The maximum atomic E-state index is 10.6. The molecule has 0 amide bonds. The predicted molar refractivity (Wildman–Crippen MR) is 64.0 cm³/mol. The molecule has 16 heavy (non-hydrogen) atoms. The third-order valence-electron chi connectivity index (χ3n) is 2.68. The second-order valence-corrected chi connectivity index (χ2v) is 4.53. The van der Waals surface area contributed by atoms with Crippen molar-refractivity contribution in [3.05, 3.63) is 33.6 Å². The van der Waals surface area contributed by atoms with Gasteiger partial charge in [0.1, 0.15) is 6.20 Å². The van der Waals surface area contributed by atoms with Gasteiger partial charge in [0.05, 0.1) is 4.92 Å². The molecule has 0 spiro atoms. The van der Waals surface area contributed by atoms with Gasteiger partial charge in [-0.25, -0.2) is 0 Å². The molecule has 5 heteroatoms. The van der Waals surface area contributed by atoms with Crippen molar-refractivity contribution in [2.24, 2.45) is 0 Å². The zero-order valence-electron chi connectivity index (χ0n) is 9.61. The number of rotatable bonds is 4. The minimum atomic E-state index is -0.419. The average molecular weight is 243 g/mol. The van der Waals surface area contributed by atoms with E-state index in [1.54, 1.807) is 13.0 Å². The lowest BCUT2D eigenvalue weighted by Crippen LogP contribution is -2.10. The zero-order valence-corrected chi connectivity index (χ0v) is 10.4. The van der Waals surface area contributed by atoms with E-state index in [1.807, 2.05) is 13.8 Å². The van der Waals surface area contributed by atoms with Crippen molar-refractivity contribution in [1.82, 2.24) is 4.98 Å². The smallest absolute Gasteiger partial charge is 0.258 e. The Morgan fingerprint density at radius 3 is 2.62 bits per heavy atom. The van der Waals surface area contributed by atoms with Gasteiger partial charge in [-0.05, 0) is 26.3 Å². The maximum Gasteiger partial charge on any atom is 0.290 e. The highest BCUT2D eigenvalue weighted by Crippen LogP contribution is 2.28. The van der Waals surface area contributed by atoms with Crippen LogP contribution in [0.15, 0.2) is 12.3 Å². The molecular weight excluding hydrogens is 228 g/mol. The first-order chi connectivity index (χ1) is 7.47. The normalized spacial score (nSPS) is 14.5. The predicted octanol–water partition coefficient (Wildman–Crippen LogP) is 3.42. The number of aryl methyl sites for hydroxylation is 1. The summed E-state index contributed by atoms with van der Waals surface area (Å²) in [5.41, 5.74) is 1.51. The molecule has 0 fully saturated rings. The SMILES string of the molecule is CCC(c1cc(C)c([N+](=O)[O-])cn1)C(C)Cl. The molecule has 0 N–H and O–H groups in total. The van der Waals surface area contributed by atoms with Crippen LogP contribution in [0.2, 0.25) is 0 Å². The molecule has 0 aliphatic carbocycles. The van der Waals surface area contributed by atoms with Crippen LogP contribution in [-0.2, 0) is 0 Å². The molecule has 1 aromatic rings. The molecule has 0 bridgehead atoms. The summed E-state index contributed by atoms with van der Waals surface area (Å²) in [4.78, 5) is 14.4. The number of hydrogen-bond donors (Lipinski definition) is 0. The molecule has 0 aliphatic rings. The Hall–Kier alpha value is -1.16. The highest BCUT2D eigenvalue weighted by Gasteiger charge is 2.19. The molecule has 1 rings (SSSR count). The first-order valence-corrected chi connectivity index (χ1v) is 5.66. The second-order valence-electron chi connectivity index (χ2n) is 3.85. The number of nitrogens with zero attached hydrogens (tertiary/aromatic N) is 2. The lowest BCUT2D eigenvalue weighted by Gasteiger charge is -2.16. The van der Waals surface area contributed by atoms with Crippen LogP contribution >= 0.6 is 11.6 Å². The molecular formula is C11H15ClN2O2. The van der Waals surface area contributed by atoms with Crippen molar-refractivity contribution in [3.8, 4) is 0 Å². The fourth-order valence-electron chi connectivity index (χ4n) is 1.73. The van der Waals surface area contributed by atoms with Gasteiger partial charge in [0.25, 0.3) is 5.69 Å². The molecule has 0 saturated carbocycles. The Morgan fingerprint density at radius 2 is 2.25 bits per heavy atom. The fraction of sp³-hybridized carbons (Fsp3) is 0.545. The number of halogens is 1. The van der Waals surface area contributed by atoms with E-state index in [-0.39, 0.29) is 17.0 Å². The Morgan fingerprint density at radius 1 is 1.62 bits per heavy atom. The van der Waals surface area contributed by atoms with Crippen molar-refractivity contribution in [2.75, 3.05) is 0 Å². The van der Waals surface area contributed by atoms with Crippen molar-refractivity contribution in [3.63, 3.8) is 0 Å². The van der Waals surface area contributed by atoms with Crippen molar-refractivity contribution >= 4 is 17.3 Å². The van der Waals surface area contributed by atoms with E-state index in [0.29, 0.717) is 5.56 Å². The molecule has 0 radical (unpaired) electrons. The number of hydrogen-bond acceptors (Lipinski definition) is 3. The molecule has 2 unspecified atom stereocenters. The van der Waals surface area contributed by atoms with Crippen LogP contribution in [0.4, 0.5) is 5.69 Å². The summed E-state index contributed by atoms with van der Waals surface area (Å²) in [6.07, 6.45) is 2.18. The van der Waals surface area contributed by atoms with E-state index < -0.39 is 4.92 Å². The molecule has 0 aromatic carbocycles. The minimum absolute atomic E-state index is 0.0293. The Bertz CT molecular complexity index is 394. The summed E-state index contributed by atoms with van der Waals surface area (Å²) in [7, 11) is 0. The number of alkyl halides is 1. The second kappa shape index (κ2) is 5.25. The average Bonchev–Trinajstić information content (AvgIpc) is 2.17. The molecule has 88 valence electrons. The largest absolute Gasteiger partial charge is 0.290 e. The molecule has 0 aliphatic heterocycles. The van der Waals surface area contributed by atoms with Gasteiger partial charge in [-0.15, -0.1) is 11.6 Å². The number of aromatic nitrogens is 1. The van der Waals surface area contributed by atoms with Gasteiger partial charge in [0.15, 0.2) is 0 Å². The standard InChI is InChI=1S/C11H15ClN2O2/c1-4-9(8(3)12)10-5-7(2)11(6-13-10)14(15)16/h5-6,8-9H,4H2,1-3H3. The van der Waals surface area contributed by atoms with Gasteiger partial charge < -0.3 is 0 Å². The Labute approximate surface area is 99.8 Å². The van der Waals surface area contributed by atoms with E-state index in [0.717, 1.165) is 12.1 Å².